The maximum atomic E-state index is 12.7. The Morgan fingerprint density at radius 1 is 1.19 bits per heavy atom. The Kier molecular flexibility index (Phi) is 6.04. The topological polar surface area (TPSA) is 29.3 Å². The lowest BCUT2D eigenvalue weighted by molar-refractivity contribution is 0.268. The molecule has 2 nitrogen and oxygen atoms in total. The molecule has 0 atom stereocenters. The second kappa shape index (κ2) is 7.36. The molecule has 0 saturated heterocycles. The van der Waals surface area contributed by atoms with E-state index < -0.39 is 0 Å². The summed E-state index contributed by atoms with van der Waals surface area (Å²) in [6.07, 6.45) is 2.37. The molecule has 1 rings (SSSR count). The Bertz CT molecular complexity index is 284. The van der Waals surface area contributed by atoms with E-state index in [1.807, 2.05) is 12.1 Å². The van der Waals surface area contributed by atoms with Crippen LogP contribution in [0.25, 0.3) is 0 Å². The van der Waals surface area contributed by atoms with E-state index in [9.17, 15) is 4.39 Å². The molecule has 0 saturated carbocycles. The van der Waals surface area contributed by atoms with Crippen LogP contribution in [0.3, 0.4) is 0 Å². The average molecular weight is 224 g/mol. The zero-order valence-electron chi connectivity index (χ0n) is 9.95. The molecule has 0 bridgehead atoms. The van der Waals surface area contributed by atoms with Crippen molar-refractivity contribution in [1.29, 1.82) is 0 Å². The van der Waals surface area contributed by atoms with Crippen molar-refractivity contribution >= 4 is 0 Å². The molecular formula is C13H21FN2. The number of halogens is 1. The van der Waals surface area contributed by atoms with Gasteiger partial charge < -0.3 is 5.73 Å². The van der Waals surface area contributed by atoms with Gasteiger partial charge in [0.05, 0.1) is 0 Å². The van der Waals surface area contributed by atoms with Gasteiger partial charge in [0.1, 0.15) is 5.82 Å². The highest BCUT2D eigenvalue weighted by atomic mass is 19.1. The van der Waals surface area contributed by atoms with Gasteiger partial charge in [0.15, 0.2) is 0 Å². The second-order valence-corrected chi connectivity index (χ2v) is 4.04. The van der Waals surface area contributed by atoms with Crippen LogP contribution in [-0.2, 0) is 6.54 Å². The molecule has 0 aromatic heterocycles. The molecular weight excluding hydrogens is 203 g/mol. The summed E-state index contributed by atoms with van der Waals surface area (Å²) in [5, 5.41) is 0. The molecule has 0 unspecified atom stereocenters. The number of unbranched alkanes of at least 4 members (excludes halogenated alkanes) is 1. The monoisotopic (exact) mass is 224 g/mol. The Morgan fingerprint density at radius 3 is 2.44 bits per heavy atom. The number of hydrogen-bond acceptors (Lipinski definition) is 2. The van der Waals surface area contributed by atoms with Crippen molar-refractivity contribution in [1.82, 2.24) is 4.90 Å². The van der Waals surface area contributed by atoms with E-state index in [1.54, 1.807) is 0 Å². The van der Waals surface area contributed by atoms with Crippen LogP contribution in [0.2, 0.25) is 0 Å². The summed E-state index contributed by atoms with van der Waals surface area (Å²) in [5.74, 6) is -0.178. The molecule has 2 N–H and O–H groups in total. The largest absolute Gasteiger partial charge is 0.329 e. The molecule has 0 amide bonds. The molecule has 0 aliphatic rings. The lowest BCUT2D eigenvalue weighted by Gasteiger charge is -2.21. The molecule has 0 aliphatic heterocycles. The third kappa shape index (κ3) is 4.73. The van der Waals surface area contributed by atoms with Gasteiger partial charge in [0, 0.05) is 19.6 Å². The normalized spacial score (nSPS) is 11.0. The summed E-state index contributed by atoms with van der Waals surface area (Å²) >= 11 is 0. The fourth-order valence-electron chi connectivity index (χ4n) is 1.68. The lowest BCUT2D eigenvalue weighted by Crippen LogP contribution is -2.30. The van der Waals surface area contributed by atoms with Crippen LogP contribution in [0.4, 0.5) is 4.39 Å². The minimum atomic E-state index is -0.178. The molecule has 0 heterocycles. The van der Waals surface area contributed by atoms with Gasteiger partial charge in [-0.25, -0.2) is 4.39 Å². The first-order valence-electron chi connectivity index (χ1n) is 5.93. The quantitative estimate of drug-likeness (QED) is 0.770. The van der Waals surface area contributed by atoms with Crippen LogP contribution in [0.15, 0.2) is 24.3 Å². The maximum Gasteiger partial charge on any atom is 0.123 e. The zero-order valence-corrected chi connectivity index (χ0v) is 9.95. The Morgan fingerprint density at radius 2 is 1.88 bits per heavy atom. The minimum absolute atomic E-state index is 0.178. The van der Waals surface area contributed by atoms with E-state index >= 15 is 0 Å². The average Bonchev–Trinajstić information content (AvgIpc) is 2.29. The number of rotatable bonds is 7. The van der Waals surface area contributed by atoms with E-state index in [2.05, 4.69) is 11.8 Å². The molecule has 16 heavy (non-hydrogen) atoms. The first kappa shape index (κ1) is 13.1. The molecule has 0 aliphatic carbocycles. The van der Waals surface area contributed by atoms with Gasteiger partial charge in [-0.2, -0.15) is 0 Å². The fourth-order valence-corrected chi connectivity index (χ4v) is 1.68. The van der Waals surface area contributed by atoms with Crippen molar-refractivity contribution in [2.24, 2.45) is 5.73 Å². The van der Waals surface area contributed by atoms with Crippen molar-refractivity contribution in [2.45, 2.75) is 26.3 Å². The highest BCUT2D eigenvalue weighted by Gasteiger charge is 2.04. The molecule has 0 spiro atoms. The Hall–Kier alpha value is -0.930. The third-order valence-corrected chi connectivity index (χ3v) is 2.59. The van der Waals surface area contributed by atoms with Crippen LogP contribution in [-0.4, -0.2) is 24.5 Å². The van der Waals surface area contributed by atoms with E-state index in [4.69, 9.17) is 5.73 Å². The molecule has 1 aromatic carbocycles. The van der Waals surface area contributed by atoms with Gasteiger partial charge in [-0.05, 0) is 30.7 Å². The van der Waals surface area contributed by atoms with E-state index in [0.29, 0.717) is 6.54 Å². The van der Waals surface area contributed by atoms with Crippen molar-refractivity contribution in [3.63, 3.8) is 0 Å². The fraction of sp³-hybridized carbons (Fsp3) is 0.538. The number of nitrogens with zero attached hydrogens (tertiary/aromatic N) is 1. The van der Waals surface area contributed by atoms with Crippen LogP contribution in [0.1, 0.15) is 25.3 Å². The Balaban J connectivity index is 2.49. The van der Waals surface area contributed by atoms with Gasteiger partial charge in [-0.3, -0.25) is 4.90 Å². The van der Waals surface area contributed by atoms with E-state index in [1.165, 1.54) is 25.0 Å². The maximum absolute atomic E-state index is 12.7. The van der Waals surface area contributed by atoms with Crippen LogP contribution in [0.5, 0.6) is 0 Å². The SMILES string of the molecule is CCCCN(CCN)Cc1ccc(F)cc1. The van der Waals surface area contributed by atoms with Gasteiger partial charge in [-0.1, -0.05) is 25.5 Å². The van der Waals surface area contributed by atoms with Crippen molar-refractivity contribution in [3.8, 4) is 0 Å². The van der Waals surface area contributed by atoms with Gasteiger partial charge >= 0.3 is 0 Å². The van der Waals surface area contributed by atoms with Crippen LogP contribution in [0, 0.1) is 5.82 Å². The van der Waals surface area contributed by atoms with Gasteiger partial charge in [-0.15, -0.1) is 0 Å². The van der Waals surface area contributed by atoms with E-state index in [-0.39, 0.29) is 5.82 Å². The first-order valence-corrected chi connectivity index (χ1v) is 5.93. The minimum Gasteiger partial charge on any atom is -0.329 e. The smallest absolute Gasteiger partial charge is 0.123 e. The molecule has 1 aromatic rings. The second-order valence-electron chi connectivity index (χ2n) is 4.04. The summed E-state index contributed by atoms with van der Waals surface area (Å²) in [6, 6.07) is 6.70. The standard InChI is InChI=1S/C13H21FN2/c1-2-3-9-16(10-8-15)11-12-4-6-13(14)7-5-12/h4-7H,2-3,8-11,15H2,1H3. The summed E-state index contributed by atoms with van der Waals surface area (Å²) < 4.78 is 12.7. The highest BCUT2D eigenvalue weighted by Crippen LogP contribution is 2.07. The van der Waals surface area contributed by atoms with Crippen LogP contribution >= 0.6 is 0 Å². The molecule has 90 valence electrons. The zero-order chi connectivity index (χ0) is 11.8. The Labute approximate surface area is 97.3 Å². The summed E-state index contributed by atoms with van der Waals surface area (Å²) in [4.78, 5) is 2.32. The molecule has 0 fully saturated rings. The number of benzene rings is 1. The van der Waals surface area contributed by atoms with E-state index in [0.717, 1.165) is 25.2 Å². The molecule has 0 radical (unpaired) electrons. The summed E-state index contributed by atoms with van der Waals surface area (Å²) in [5.41, 5.74) is 6.72. The third-order valence-electron chi connectivity index (χ3n) is 2.59. The highest BCUT2D eigenvalue weighted by molar-refractivity contribution is 5.15. The number of nitrogens with two attached hydrogens (primary N) is 1. The van der Waals surface area contributed by atoms with Gasteiger partial charge in [0.25, 0.3) is 0 Å². The lowest BCUT2D eigenvalue weighted by atomic mass is 10.2. The van der Waals surface area contributed by atoms with Crippen LogP contribution < -0.4 is 5.73 Å². The summed E-state index contributed by atoms with van der Waals surface area (Å²) in [7, 11) is 0. The molecule has 3 heteroatoms. The predicted molar refractivity (Wildman–Crippen MR) is 65.6 cm³/mol. The first-order chi connectivity index (χ1) is 7.76. The van der Waals surface area contributed by atoms with Crippen molar-refractivity contribution < 1.29 is 4.39 Å². The van der Waals surface area contributed by atoms with Crippen molar-refractivity contribution in [2.75, 3.05) is 19.6 Å². The summed E-state index contributed by atoms with van der Waals surface area (Å²) in [6.45, 7) is 5.67. The number of hydrogen-bond donors (Lipinski definition) is 1. The predicted octanol–water partition coefficient (Wildman–Crippen LogP) is 2.39. The van der Waals surface area contributed by atoms with Crippen molar-refractivity contribution in [3.05, 3.63) is 35.6 Å². The van der Waals surface area contributed by atoms with Gasteiger partial charge in [0.2, 0.25) is 0 Å².